The molecule has 0 saturated carbocycles. The Balaban J connectivity index is 4.49. The Bertz CT molecular complexity index is 340. The summed E-state index contributed by atoms with van der Waals surface area (Å²) in [6, 6.07) is 0. The van der Waals surface area contributed by atoms with Gasteiger partial charge in [-0.05, 0) is 20.8 Å². The maximum Gasteiger partial charge on any atom is 0.378 e. The summed E-state index contributed by atoms with van der Waals surface area (Å²) in [6.07, 6.45) is 0.387. The molecular formula is C8H14F2O4S. The molecule has 0 aromatic rings. The fourth-order valence-corrected chi connectivity index (χ4v) is 0.746. The quantitative estimate of drug-likeness (QED) is 0.700. The summed E-state index contributed by atoms with van der Waals surface area (Å²) in [6.45, 7) is 3.00. The van der Waals surface area contributed by atoms with Gasteiger partial charge in [0.1, 0.15) is 0 Å². The van der Waals surface area contributed by atoms with Crippen molar-refractivity contribution in [3.8, 4) is 0 Å². The molecule has 0 atom stereocenters. The van der Waals surface area contributed by atoms with Gasteiger partial charge in [0.2, 0.25) is 9.84 Å². The molecule has 0 N–H and O–H groups in total. The SMILES string of the molecule is CC(C)(C)C(=O)OCC(F)(F)S(C)(=O)=O. The maximum absolute atomic E-state index is 12.8. The van der Waals surface area contributed by atoms with Crippen molar-refractivity contribution < 1.29 is 26.7 Å². The Labute approximate surface area is 87.5 Å². The summed E-state index contributed by atoms with van der Waals surface area (Å²) < 4.78 is 51.0. The summed E-state index contributed by atoms with van der Waals surface area (Å²) in [4.78, 5) is 11.1. The normalized spacial score (nSPS) is 13.7. The molecule has 0 unspecified atom stereocenters. The molecule has 90 valence electrons. The Morgan fingerprint density at radius 1 is 1.27 bits per heavy atom. The molecule has 0 aromatic carbocycles. The molecular weight excluding hydrogens is 230 g/mol. The lowest BCUT2D eigenvalue weighted by atomic mass is 9.97. The number of carbonyl (C=O) groups excluding carboxylic acids is 1. The molecule has 0 aliphatic heterocycles. The number of carbonyl (C=O) groups is 1. The van der Waals surface area contributed by atoms with E-state index in [2.05, 4.69) is 4.74 Å². The zero-order chi connectivity index (χ0) is 12.5. The van der Waals surface area contributed by atoms with Crippen LogP contribution in [0.3, 0.4) is 0 Å². The van der Waals surface area contributed by atoms with Gasteiger partial charge in [0.15, 0.2) is 6.61 Å². The van der Waals surface area contributed by atoms with Gasteiger partial charge in [-0.15, -0.1) is 0 Å². The van der Waals surface area contributed by atoms with Crippen LogP contribution >= 0.6 is 0 Å². The highest BCUT2D eigenvalue weighted by molar-refractivity contribution is 7.91. The van der Waals surface area contributed by atoms with Crippen LogP contribution < -0.4 is 0 Å². The number of rotatable bonds is 3. The Morgan fingerprint density at radius 3 is 1.93 bits per heavy atom. The van der Waals surface area contributed by atoms with E-state index in [0.29, 0.717) is 6.26 Å². The second-order valence-corrected chi connectivity index (χ2v) is 6.38. The summed E-state index contributed by atoms with van der Waals surface area (Å²) >= 11 is 0. The molecule has 0 spiro atoms. The average Bonchev–Trinajstić information content (AvgIpc) is 1.96. The molecule has 0 saturated heterocycles. The van der Waals surface area contributed by atoms with E-state index in [1.165, 1.54) is 20.8 Å². The number of hydrogen-bond acceptors (Lipinski definition) is 4. The summed E-state index contributed by atoms with van der Waals surface area (Å²) in [5.74, 6) is -0.870. The van der Waals surface area contributed by atoms with Gasteiger partial charge in [0.05, 0.1) is 5.41 Å². The second kappa shape index (κ2) is 4.03. The minimum atomic E-state index is -4.55. The number of esters is 1. The molecule has 0 aliphatic rings. The highest BCUT2D eigenvalue weighted by Crippen LogP contribution is 2.23. The van der Waals surface area contributed by atoms with Crippen molar-refractivity contribution in [2.24, 2.45) is 5.41 Å². The van der Waals surface area contributed by atoms with Crippen molar-refractivity contribution in [2.75, 3.05) is 12.9 Å². The van der Waals surface area contributed by atoms with Crippen LogP contribution in [0.2, 0.25) is 0 Å². The van der Waals surface area contributed by atoms with Crippen molar-refractivity contribution in [1.82, 2.24) is 0 Å². The molecule has 0 rings (SSSR count). The Kier molecular flexibility index (Phi) is 3.84. The molecule has 0 bridgehead atoms. The van der Waals surface area contributed by atoms with Crippen molar-refractivity contribution >= 4 is 15.8 Å². The molecule has 0 radical (unpaired) electrons. The van der Waals surface area contributed by atoms with Crippen molar-refractivity contribution in [1.29, 1.82) is 0 Å². The lowest BCUT2D eigenvalue weighted by Crippen LogP contribution is -2.36. The number of hydrogen-bond donors (Lipinski definition) is 0. The predicted octanol–water partition coefficient (Wildman–Crippen LogP) is 1.21. The van der Waals surface area contributed by atoms with Crippen LogP contribution in [-0.2, 0) is 19.4 Å². The molecule has 0 heterocycles. The van der Waals surface area contributed by atoms with E-state index in [1.807, 2.05) is 0 Å². The van der Waals surface area contributed by atoms with Gasteiger partial charge in [-0.2, -0.15) is 8.78 Å². The van der Waals surface area contributed by atoms with Gasteiger partial charge in [-0.25, -0.2) is 8.42 Å². The Hall–Kier alpha value is -0.720. The van der Waals surface area contributed by atoms with E-state index in [9.17, 15) is 22.0 Å². The number of sulfone groups is 1. The zero-order valence-electron chi connectivity index (χ0n) is 9.00. The first kappa shape index (κ1) is 14.3. The first-order chi connectivity index (χ1) is 6.38. The van der Waals surface area contributed by atoms with E-state index >= 15 is 0 Å². The monoisotopic (exact) mass is 244 g/mol. The van der Waals surface area contributed by atoms with E-state index in [4.69, 9.17) is 0 Å². The zero-order valence-corrected chi connectivity index (χ0v) is 9.82. The van der Waals surface area contributed by atoms with Crippen LogP contribution in [0.4, 0.5) is 8.78 Å². The molecule has 7 heteroatoms. The Morgan fingerprint density at radius 2 is 1.67 bits per heavy atom. The van der Waals surface area contributed by atoms with Crippen LogP contribution in [0, 0.1) is 5.41 Å². The van der Waals surface area contributed by atoms with Crippen LogP contribution in [0.5, 0.6) is 0 Å². The summed E-state index contributed by atoms with van der Waals surface area (Å²) in [7, 11) is -4.55. The second-order valence-electron chi connectivity index (χ2n) is 4.24. The fourth-order valence-electron chi connectivity index (χ4n) is 0.473. The van der Waals surface area contributed by atoms with E-state index in [0.717, 1.165) is 0 Å². The van der Waals surface area contributed by atoms with Gasteiger partial charge in [-0.1, -0.05) is 0 Å². The van der Waals surface area contributed by atoms with Crippen LogP contribution in [0.25, 0.3) is 0 Å². The van der Waals surface area contributed by atoms with Gasteiger partial charge >= 0.3 is 11.2 Å². The van der Waals surface area contributed by atoms with Crippen LogP contribution in [-0.4, -0.2) is 32.5 Å². The largest absolute Gasteiger partial charge is 0.458 e. The highest BCUT2D eigenvalue weighted by Gasteiger charge is 2.43. The van der Waals surface area contributed by atoms with Crippen molar-refractivity contribution in [2.45, 2.75) is 26.0 Å². The smallest absolute Gasteiger partial charge is 0.378 e. The summed E-state index contributed by atoms with van der Waals surface area (Å²) in [5.41, 5.74) is -0.937. The molecule has 15 heavy (non-hydrogen) atoms. The van der Waals surface area contributed by atoms with Crippen molar-refractivity contribution in [3.05, 3.63) is 0 Å². The first-order valence-electron chi connectivity index (χ1n) is 4.12. The third-order valence-corrected chi connectivity index (χ3v) is 2.73. The van der Waals surface area contributed by atoms with E-state index in [1.54, 1.807) is 0 Å². The standard InChI is InChI=1S/C8H14F2O4S/c1-7(2,3)6(11)14-5-8(9,10)15(4,12)13/h5H2,1-4H3. The molecule has 0 fully saturated rings. The van der Waals surface area contributed by atoms with Crippen LogP contribution in [0.1, 0.15) is 20.8 Å². The summed E-state index contributed by atoms with van der Waals surface area (Å²) in [5, 5.41) is -4.03. The number of halogens is 2. The maximum atomic E-state index is 12.8. The number of ether oxygens (including phenoxy) is 1. The van der Waals surface area contributed by atoms with Gasteiger partial charge in [-0.3, -0.25) is 4.79 Å². The average molecular weight is 244 g/mol. The molecule has 4 nitrogen and oxygen atoms in total. The first-order valence-corrected chi connectivity index (χ1v) is 6.02. The predicted molar refractivity (Wildman–Crippen MR) is 50.2 cm³/mol. The minimum absolute atomic E-state index is 0.387. The third-order valence-electron chi connectivity index (χ3n) is 1.53. The van der Waals surface area contributed by atoms with Gasteiger partial charge in [0.25, 0.3) is 0 Å². The topological polar surface area (TPSA) is 60.4 Å². The van der Waals surface area contributed by atoms with E-state index < -0.39 is 33.1 Å². The van der Waals surface area contributed by atoms with Crippen molar-refractivity contribution in [3.63, 3.8) is 0 Å². The third kappa shape index (κ3) is 4.11. The number of alkyl halides is 2. The lowest BCUT2D eigenvalue weighted by Gasteiger charge is -2.19. The molecule has 0 aliphatic carbocycles. The molecule has 0 aromatic heterocycles. The minimum Gasteiger partial charge on any atom is -0.458 e. The lowest BCUT2D eigenvalue weighted by molar-refractivity contribution is -0.158. The highest BCUT2D eigenvalue weighted by atomic mass is 32.2. The van der Waals surface area contributed by atoms with Crippen LogP contribution in [0.15, 0.2) is 0 Å². The van der Waals surface area contributed by atoms with Gasteiger partial charge in [0, 0.05) is 6.26 Å². The van der Waals surface area contributed by atoms with E-state index in [-0.39, 0.29) is 0 Å². The van der Waals surface area contributed by atoms with Gasteiger partial charge < -0.3 is 4.74 Å². The fraction of sp³-hybridized carbons (Fsp3) is 0.875. The molecule has 0 amide bonds.